The first-order valence-corrected chi connectivity index (χ1v) is 9.77. The predicted molar refractivity (Wildman–Crippen MR) is 112 cm³/mol. The van der Waals surface area contributed by atoms with Crippen LogP contribution in [0.3, 0.4) is 0 Å². The molecule has 0 unspecified atom stereocenters. The summed E-state index contributed by atoms with van der Waals surface area (Å²) >= 11 is 1.35. The summed E-state index contributed by atoms with van der Waals surface area (Å²) in [7, 11) is 0. The van der Waals surface area contributed by atoms with Crippen LogP contribution >= 0.6 is 11.3 Å². The predicted octanol–water partition coefficient (Wildman–Crippen LogP) is 3.60. The molecular weight excluding hydrogens is 388 g/mol. The quantitative estimate of drug-likeness (QED) is 0.547. The molecule has 29 heavy (non-hydrogen) atoms. The van der Waals surface area contributed by atoms with E-state index in [2.05, 4.69) is 15.4 Å². The minimum atomic E-state index is -0.239. The van der Waals surface area contributed by atoms with Crippen molar-refractivity contribution < 1.29 is 9.53 Å². The molecular formula is C21H18N4O3S. The molecule has 2 aromatic carbocycles. The third-order valence-corrected chi connectivity index (χ3v) is 5.09. The zero-order valence-electron chi connectivity index (χ0n) is 15.9. The molecule has 0 saturated heterocycles. The molecule has 4 rings (SSSR count). The number of nitrogens with one attached hydrogen (secondary N) is 1. The third-order valence-electron chi connectivity index (χ3n) is 4.27. The molecule has 7 nitrogen and oxygen atoms in total. The highest BCUT2D eigenvalue weighted by molar-refractivity contribution is 7.16. The highest BCUT2D eigenvalue weighted by Crippen LogP contribution is 2.20. The minimum Gasteiger partial charge on any atom is -0.487 e. The maximum atomic E-state index is 12.5. The molecule has 0 aliphatic heterocycles. The number of rotatable bonds is 5. The standard InChI is InChI=1S/C21H18N4O3S/c1-13-6-3-4-9-18(13)20(27)22-15-7-5-8-17(10-15)28-12-16-11-19(26)25-21(23-16)29-14(2)24-25/h3-11H,12H2,1-2H3,(H,22,27). The average molecular weight is 406 g/mol. The van der Waals surface area contributed by atoms with Gasteiger partial charge in [-0.15, -0.1) is 0 Å². The topological polar surface area (TPSA) is 85.6 Å². The van der Waals surface area contributed by atoms with Gasteiger partial charge in [0.25, 0.3) is 11.5 Å². The molecule has 8 heteroatoms. The van der Waals surface area contributed by atoms with Gasteiger partial charge in [-0.1, -0.05) is 35.6 Å². The lowest BCUT2D eigenvalue weighted by Crippen LogP contribution is -2.16. The highest BCUT2D eigenvalue weighted by Gasteiger charge is 2.10. The van der Waals surface area contributed by atoms with Gasteiger partial charge in [-0.3, -0.25) is 9.59 Å². The van der Waals surface area contributed by atoms with Gasteiger partial charge in [-0.2, -0.15) is 9.61 Å². The SMILES string of the molecule is Cc1nn2c(=O)cc(COc3cccc(NC(=O)c4ccccc4C)c3)nc2s1. The summed E-state index contributed by atoms with van der Waals surface area (Å²) in [6.07, 6.45) is 0. The zero-order chi connectivity index (χ0) is 20.4. The minimum absolute atomic E-state index is 0.137. The van der Waals surface area contributed by atoms with Crippen LogP contribution in [0.4, 0.5) is 5.69 Å². The molecule has 0 aliphatic rings. The van der Waals surface area contributed by atoms with Gasteiger partial charge < -0.3 is 10.1 Å². The van der Waals surface area contributed by atoms with Crippen LogP contribution in [-0.2, 0) is 6.61 Å². The van der Waals surface area contributed by atoms with E-state index in [1.807, 2.05) is 32.0 Å². The van der Waals surface area contributed by atoms with E-state index in [9.17, 15) is 9.59 Å². The molecule has 0 atom stereocenters. The number of hydrogen-bond acceptors (Lipinski definition) is 6. The summed E-state index contributed by atoms with van der Waals surface area (Å²) < 4.78 is 7.06. The maximum Gasteiger partial charge on any atom is 0.275 e. The Bertz CT molecular complexity index is 1260. The second-order valence-corrected chi connectivity index (χ2v) is 7.65. The molecule has 4 aromatic rings. The van der Waals surface area contributed by atoms with Crippen molar-refractivity contribution in [1.82, 2.24) is 14.6 Å². The van der Waals surface area contributed by atoms with Crippen molar-refractivity contribution in [1.29, 1.82) is 0 Å². The molecule has 146 valence electrons. The molecule has 1 N–H and O–H groups in total. The van der Waals surface area contributed by atoms with Crippen molar-refractivity contribution in [2.45, 2.75) is 20.5 Å². The van der Waals surface area contributed by atoms with E-state index in [4.69, 9.17) is 4.74 Å². The largest absolute Gasteiger partial charge is 0.487 e. The Kier molecular flexibility index (Phi) is 5.09. The Morgan fingerprint density at radius 3 is 2.79 bits per heavy atom. The van der Waals surface area contributed by atoms with Gasteiger partial charge in [0.2, 0.25) is 4.96 Å². The molecule has 0 fully saturated rings. The van der Waals surface area contributed by atoms with E-state index in [-0.39, 0.29) is 18.1 Å². The zero-order valence-corrected chi connectivity index (χ0v) is 16.7. The van der Waals surface area contributed by atoms with E-state index in [1.54, 1.807) is 30.3 Å². The number of aryl methyl sites for hydroxylation is 2. The van der Waals surface area contributed by atoms with Crippen LogP contribution in [0.1, 0.15) is 26.6 Å². The lowest BCUT2D eigenvalue weighted by molar-refractivity contribution is 0.102. The fourth-order valence-corrected chi connectivity index (χ4v) is 3.64. The number of carbonyl (C=O) groups is 1. The van der Waals surface area contributed by atoms with Crippen molar-refractivity contribution >= 4 is 27.9 Å². The lowest BCUT2D eigenvalue weighted by Gasteiger charge is -2.10. The average Bonchev–Trinajstić information content (AvgIpc) is 3.08. The fraction of sp³-hybridized carbons (Fsp3) is 0.143. The van der Waals surface area contributed by atoms with Crippen molar-refractivity contribution in [3.05, 3.63) is 86.8 Å². The van der Waals surface area contributed by atoms with Crippen molar-refractivity contribution in [2.75, 3.05) is 5.32 Å². The summed E-state index contributed by atoms with van der Waals surface area (Å²) in [5.74, 6) is 0.385. The summed E-state index contributed by atoms with van der Waals surface area (Å²) in [4.78, 5) is 29.6. The highest BCUT2D eigenvalue weighted by atomic mass is 32.1. The van der Waals surface area contributed by atoms with Crippen molar-refractivity contribution in [3.63, 3.8) is 0 Å². The number of amides is 1. The number of ether oxygens (including phenoxy) is 1. The molecule has 0 bridgehead atoms. The maximum absolute atomic E-state index is 12.5. The smallest absolute Gasteiger partial charge is 0.275 e. The van der Waals surface area contributed by atoms with Gasteiger partial charge in [0, 0.05) is 23.4 Å². The first-order chi connectivity index (χ1) is 14.0. The van der Waals surface area contributed by atoms with Gasteiger partial charge in [0.1, 0.15) is 17.4 Å². The monoisotopic (exact) mass is 406 g/mol. The summed E-state index contributed by atoms with van der Waals surface area (Å²) in [5.41, 5.74) is 2.43. The number of anilines is 1. The first-order valence-electron chi connectivity index (χ1n) is 8.96. The Hall–Kier alpha value is -3.52. The number of aromatic nitrogens is 3. The summed E-state index contributed by atoms with van der Waals surface area (Å²) in [6.45, 7) is 3.86. The number of fused-ring (bicyclic) bond motifs is 1. The van der Waals surface area contributed by atoms with Crippen LogP contribution in [-0.4, -0.2) is 20.5 Å². The number of carbonyl (C=O) groups excluding carboxylic acids is 1. The molecule has 1 amide bonds. The number of nitrogens with zero attached hydrogens (tertiary/aromatic N) is 3. The Balaban J connectivity index is 1.47. The second kappa shape index (κ2) is 7.84. The van der Waals surface area contributed by atoms with Crippen LogP contribution in [0.2, 0.25) is 0 Å². The number of benzene rings is 2. The molecule has 0 aliphatic carbocycles. The number of hydrogen-bond donors (Lipinski definition) is 1. The lowest BCUT2D eigenvalue weighted by atomic mass is 10.1. The normalized spacial score (nSPS) is 10.8. The summed E-state index contributed by atoms with van der Waals surface area (Å²) in [5, 5.41) is 7.77. The van der Waals surface area contributed by atoms with Gasteiger partial charge in [-0.05, 0) is 37.6 Å². The first kappa shape index (κ1) is 18.8. The molecule has 0 radical (unpaired) electrons. The van der Waals surface area contributed by atoms with Gasteiger partial charge in [-0.25, -0.2) is 4.98 Å². The third kappa shape index (κ3) is 4.17. The van der Waals surface area contributed by atoms with Crippen LogP contribution in [0.5, 0.6) is 5.75 Å². The van der Waals surface area contributed by atoms with Crippen LogP contribution in [0.25, 0.3) is 4.96 Å². The van der Waals surface area contributed by atoms with E-state index >= 15 is 0 Å². The molecule has 0 spiro atoms. The Morgan fingerprint density at radius 1 is 1.14 bits per heavy atom. The van der Waals surface area contributed by atoms with E-state index in [0.29, 0.717) is 27.7 Å². The van der Waals surface area contributed by atoms with Crippen LogP contribution < -0.4 is 15.6 Å². The molecule has 2 heterocycles. The Morgan fingerprint density at radius 2 is 1.97 bits per heavy atom. The van der Waals surface area contributed by atoms with Crippen LogP contribution in [0.15, 0.2) is 59.4 Å². The van der Waals surface area contributed by atoms with Gasteiger partial charge in [0.05, 0.1) is 5.69 Å². The van der Waals surface area contributed by atoms with Crippen molar-refractivity contribution in [2.24, 2.45) is 0 Å². The Labute approximate surface area is 170 Å². The van der Waals surface area contributed by atoms with E-state index in [0.717, 1.165) is 10.6 Å². The fourth-order valence-electron chi connectivity index (χ4n) is 2.87. The summed E-state index contributed by atoms with van der Waals surface area (Å²) in [6, 6.07) is 15.9. The van der Waals surface area contributed by atoms with Gasteiger partial charge in [0.15, 0.2) is 0 Å². The molecule has 0 saturated carbocycles. The van der Waals surface area contributed by atoms with Crippen molar-refractivity contribution in [3.8, 4) is 5.75 Å². The van der Waals surface area contributed by atoms with Crippen LogP contribution in [0, 0.1) is 13.8 Å². The molecule has 2 aromatic heterocycles. The van der Waals surface area contributed by atoms with E-state index < -0.39 is 0 Å². The second-order valence-electron chi connectivity index (χ2n) is 6.49. The van der Waals surface area contributed by atoms with Gasteiger partial charge >= 0.3 is 0 Å². The van der Waals surface area contributed by atoms with E-state index in [1.165, 1.54) is 21.9 Å².